The maximum atomic E-state index is 11.7. The molecule has 2 heterocycles. The molecule has 0 aliphatic heterocycles. The van der Waals surface area contributed by atoms with E-state index < -0.39 is 5.97 Å². The number of hydrogen-bond acceptors (Lipinski definition) is 8. The summed E-state index contributed by atoms with van der Waals surface area (Å²) in [5.74, 6) is 0.724. The van der Waals surface area contributed by atoms with Gasteiger partial charge in [-0.1, -0.05) is 0 Å². The smallest absolute Gasteiger partial charge is 0.352 e. The average molecular weight is 339 g/mol. The van der Waals surface area contributed by atoms with Gasteiger partial charge in [-0.2, -0.15) is 0 Å². The van der Waals surface area contributed by atoms with Gasteiger partial charge in [0.1, 0.15) is 0 Å². The fourth-order valence-electron chi connectivity index (χ4n) is 1.43. The van der Waals surface area contributed by atoms with Gasteiger partial charge in [0.15, 0.2) is 21.6 Å². The van der Waals surface area contributed by atoms with E-state index in [2.05, 4.69) is 25.8 Å². The van der Waals surface area contributed by atoms with Crippen LogP contribution in [-0.2, 0) is 4.74 Å². The van der Waals surface area contributed by atoms with Crippen LogP contribution >= 0.6 is 23.6 Å². The molecule has 0 radical (unpaired) electrons. The maximum Gasteiger partial charge on any atom is 0.352 e. The zero-order chi connectivity index (χ0) is 15.9. The number of nitrogens with one attached hydrogen (secondary N) is 2. The quantitative estimate of drug-likeness (QED) is 0.625. The van der Waals surface area contributed by atoms with Crippen LogP contribution in [0.25, 0.3) is 0 Å². The molecule has 0 bridgehead atoms. The van der Waals surface area contributed by atoms with E-state index in [9.17, 15) is 4.79 Å². The third-order valence-corrected chi connectivity index (χ3v) is 3.36. The molecule has 2 N–H and O–H groups in total. The van der Waals surface area contributed by atoms with E-state index in [0.717, 1.165) is 0 Å². The van der Waals surface area contributed by atoms with Gasteiger partial charge in [0.05, 0.1) is 19.2 Å². The van der Waals surface area contributed by atoms with Crippen LogP contribution in [0.3, 0.4) is 0 Å². The zero-order valence-electron chi connectivity index (χ0n) is 11.8. The third kappa shape index (κ3) is 4.09. The van der Waals surface area contributed by atoms with Crippen molar-refractivity contribution in [2.75, 3.05) is 24.4 Å². The zero-order valence-corrected chi connectivity index (χ0v) is 13.5. The summed E-state index contributed by atoms with van der Waals surface area (Å²) >= 11 is 6.32. The number of esters is 1. The van der Waals surface area contributed by atoms with Crippen LogP contribution in [0.2, 0.25) is 0 Å². The Labute approximate surface area is 135 Å². The molecular formula is C12H13N5O3S2. The standard InChI is InChI=1S/C12H13N5O3S2/c1-3-20-11(18)9-10(13-6-22-9)15-12(21)14-7-4-5-8(19-2)17-16-7/h4-6H,3H2,1-2H3,(H2,14,15,16,21). The number of ether oxygens (including phenoxy) is 2. The highest BCUT2D eigenvalue weighted by Crippen LogP contribution is 2.20. The number of thiocarbonyl (C=S) groups is 1. The first-order chi connectivity index (χ1) is 10.6. The highest BCUT2D eigenvalue weighted by atomic mass is 32.1. The minimum absolute atomic E-state index is 0.232. The number of methoxy groups -OCH3 is 1. The Bertz CT molecular complexity index is 659. The molecule has 116 valence electrons. The molecule has 0 unspecified atom stereocenters. The second-order valence-corrected chi connectivity index (χ2v) is 5.05. The molecule has 2 aromatic heterocycles. The van der Waals surface area contributed by atoms with Crippen molar-refractivity contribution >= 4 is 46.3 Å². The number of hydrogen-bond donors (Lipinski definition) is 2. The molecule has 0 aromatic carbocycles. The molecule has 0 fully saturated rings. The molecule has 0 saturated carbocycles. The topological polar surface area (TPSA) is 98.3 Å². The van der Waals surface area contributed by atoms with Gasteiger partial charge in [0.25, 0.3) is 0 Å². The van der Waals surface area contributed by atoms with Crippen LogP contribution in [0.1, 0.15) is 16.6 Å². The minimum Gasteiger partial charge on any atom is -0.480 e. The van der Waals surface area contributed by atoms with Gasteiger partial charge >= 0.3 is 5.97 Å². The largest absolute Gasteiger partial charge is 0.480 e. The van der Waals surface area contributed by atoms with Gasteiger partial charge in [0, 0.05) is 6.07 Å². The minimum atomic E-state index is -0.445. The summed E-state index contributed by atoms with van der Waals surface area (Å²) in [4.78, 5) is 16.2. The van der Waals surface area contributed by atoms with E-state index in [1.54, 1.807) is 19.1 Å². The molecule has 0 amide bonds. The lowest BCUT2D eigenvalue weighted by Gasteiger charge is -2.09. The van der Waals surface area contributed by atoms with Crippen molar-refractivity contribution < 1.29 is 14.3 Å². The van der Waals surface area contributed by atoms with Crippen LogP contribution in [0.4, 0.5) is 11.6 Å². The van der Waals surface area contributed by atoms with Crippen molar-refractivity contribution in [3.63, 3.8) is 0 Å². The first-order valence-corrected chi connectivity index (χ1v) is 7.49. The number of nitrogens with zero attached hydrogens (tertiary/aromatic N) is 3. The second kappa shape index (κ2) is 7.61. The van der Waals surface area contributed by atoms with Gasteiger partial charge in [-0.05, 0) is 25.2 Å². The second-order valence-electron chi connectivity index (χ2n) is 3.79. The monoisotopic (exact) mass is 339 g/mol. The SMILES string of the molecule is CCOC(=O)c1scnc1NC(=S)Nc1ccc(OC)nn1. The molecule has 2 aromatic rings. The summed E-state index contributed by atoms with van der Waals surface area (Å²) < 4.78 is 9.86. The highest BCUT2D eigenvalue weighted by molar-refractivity contribution is 7.80. The molecule has 0 aliphatic carbocycles. The van der Waals surface area contributed by atoms with Crippen molar-refractivity contribution in [3.05, 3.63) is 22.5 Å². The van der Waals surface area contributed by atoms with E-state index in [1.807, 2.05) is 0 Å². The van der Waals surface area contributed by atoms with Gasteiger partial charge in [-0.25, -0.2) is 9.78 Å². The number of carbonyl (C=O) groups excluding carboxylic acids is 1. The van der Waals surface area contributed by atoms with Crippen LogP contribution in [-0.4, -0.2) is 40.0 Å². The lowest BCUT2D eigenvalue weighted by molar-refractivity contribution is 0.0533. The van der Waals surface area contributed by atoms with Crippen LogP contribution in [0.5, 0.6) is 5.88 Å². The average Bonchev–Trinajstić information content (AvgIpc) is 2.96. The first kappa shape index (κ1) is 16.0. The highest BCUT2D eigenvalue weighted by Gasteiger charge is 2.16. The van der Waals surface area contributed by atoms with E-state index in [4.69, 9.17) is 21.7 Å². The van der Waals surface area contributed by atoms with Crippen molar-refractivity contribution in [2.45, 2.75) is 6.92 Å². The summed E-state index contributed by atoms with van der Waals surface area (Å²) in [5, 5.41) is 13.6. The van der Waals surface area contributed by atoms with Crippen LogP contribution < -0.4 is 15.4 Å². The molecule has 0 atom stereocenters. The first-order valence-electron chi connectivity index (χ1n) is 6.20. The molecule has 10 heteroatoms. The summed E-state index contributed by atoms with van der Waals surface area (Å²) in [6.07, 6.45) is 0. The van der Waals surface area contributed by atoms with E-state index >= 15 is 0 Å². The van der Waals surface area contributed by atoms with Crippen molar-refractivity contribution in [1.29, 1.82) is 0 Å². The number of aromatic nitrogens is 3. The van der Waals surface area contributed by atoms with E-state index in [-0.39, 0.29) is 5.11 Å². The lowest BCUT2D eigenvalue weighted by Crippen LogP contribution is -2.21. The van der Waals surface area contributed by atoms with Gasteiger partial charge in [0.2, 0.25) is 5.88 Å². The molecule has 0 aliphatic rings. The van der Waals surface area contributed by atoms with Crippen molar-refractivity contribution in [1.82, 2.24) is 15.2 Å². The summed E-state index contributed by atoms with van der Waals surface area (Å²) in [5.41, 5.74) is 1.53. The maximum absolute atomic E-state index is 11.7. The summed E-state index contributed by atoms with van der Waals surface area (Å²) in [6.45, 7) is 2.03. The Morgan fingerprint density at radius 1 is 1.36 bits per heavy atom. The third-order valence-electron chi connectivity index (χ3n) is 2.35. The number of carbonyl (C=O) groups is 1. The summed E-state index contributed by atoms with van der Waals surface area (Å²) in [6, 6.07) is 3.30. The fourth-order valence-corrected chi connectivity index (χ4v) is 2.26. The Hall–Kier alpha value is -2.33. The lowest BCUT2D eigenvalue weighted by atomic mass is 10.5. The molecule has 2 rings (SSSR count). The predicted octanol–water partition coefficient (Wildman–Crippen LogP) is 1.93. The Balaban J connectivity index is 2.00. The summed E-state index contributed by atoms with van der Waals surface area (Å²) in [7, 11) is 1.50. The normalized spacial score (nSPS) is 9.91. The molecule has 0 spiro atoms. The number of thiazole rings is 1. The Kier molecular flexibility index (Phi) is 5.55. The van der Waals surface area contributed by atoms with Crippen LogP contribution in [0.15, 0.2) is 17.6 Å². The van der Waals surface area contributed by atoms with Crippen LogP contribution in [0, 0.1) is 0 Å². The van der Waals surface area contributed by atoms with Gasteiger partial charge in [-0.15, -0.1) is 21.5 Å². The fraction of sp³-hybridized carbons (Fsp3) is 0.250. The Morgan fingerprint density at radius 2 is 2.18 bits per heavy atom. The number of rotatable bonds is 5. The number of anilines is 2. The van der Waals surface area contributed by atoms with Gasteiger partial charge < -0.3 is 20.1 Å². The molecule has 0 saturated heterocycles. The molecular weight excluding hydrogens is 326 g/mol. The predicted molar refractivity (Wildman–Crippen MR) is 86.5 cm³/mol. The molecule has 22 heavy (non-hydrogen) atoms. The van der Waals surface area contributed by atoms with Crippen molar-refractivity contribution in [2.24, 2.45) is 0 Å². The van der Waals surface area contributed by atoms with E-state index in [0.29, 0.717) is 29.0 Å². The van der Waals surface area contributed by atoms with Crippen molar-refractivity contribution in [3.8, 4) is 5.88 Å². The Morgan fingerprint density at radius 3 is 2.82 bits per heavy atom. The molecule has 8 nitrogen and oxygen atoms in total. The van der Waals surface area contributed by atoms with Gasteiger partial charge in [-0.3, -0.25) is 0 Å². The van der Waals surface area contributed by atoms with E-state index in [1.165, 1.54) is 24.0 Å².